The second-order valence-corrected chi connectivity index (χ2v) is 10.0. The minimum atomic E-state index is -3.14. The number of halogens is 1. The number of sulfone groups is 1. The molecule has 0 N–H and O–H groups in total. The van der Waals surface area contributed by atoms with Crippen molar-refractivity contribution in [2.24, 2.45) is 0 Å². The van der Waals surface area contributed by atoms with Gasteiger partial charge < -0.3 is 4.90 Å². The number of hydrogen-bond donors (Lipinski definition) is 0. The number of nitrogens with zero attached hydrogens (tertiary/aromatic N) is 2. The number of rotatable bonds is 4. The van der Waals surface area contributed by atoms with E-state index in [0.29, 0.717) is 17.0 Å². The summed E-state index contributed by atoms with van der Waals surface area (Å²) in [4.78, 5) is 39.5. The van der Waals surface area contributed by atoms with Gasteiger partial charge in [0.05, 0.1) is 16.4 Å². The molecule has 1 atom stereocenters. The highest BCUT2D eigenvalue weighted by atomic mass is 35.5. The fourth-order valence-electron chi connectivity index (χ4n) is 2.92. The van der Waals surface area contributed by atoms with E-state index >= 15 is 0 Å². The summed E-state index contributed by atoms with van der Waals surface area (Å²) in [5.74, 6) is -1.07. The van der Waals surface area contributed by atoms with E-state index in [4.69, 9.17) is 11.6 Å². The number of thioether (sulfide) groups is 1. The molecule has 7 nitrogen and oxygen atoms in total. The molecule has 3 rings (SSSR count). The van der Waals surface area contributed by atoms with Crippen LogP contribution < -0.4 is 0 Å². The Hall–Kier alpha value is -1.84. The van der Waals surface area contributed by atoms with Crippen molar-refractivity contribution >= 4 is 56.3 Å². The van der Waals surface area contributed by atoms with Gasteiger partial charge in [0, 0.05) is 18.1 Å². The van der Waals surface area contributed by atoms with E-state index in [-0.39, 0.29) is 16.4 Å². The summed E-state index contributed by atoms with van der Waals surface area (Å²) in [5.41, 5.74) is 0.674. The zero-order valence-electron chi connectivity index (χ0n) is 14.4. The third-order valence-corrected chi connectivity index (χ3v) is 7.36. The quantitative estimate of drug-likeness (QED) is 0.681. The lowest BCUT2D eigenvalue weighted by Gasteiger charge is -2.25. The van der Waals surface area contributed by atoms with Gasteiger partial charge >= 0.3 is 0 Å². The van der Waals surface area contributed by atoms with Crippen LogP contribution in [0.3, 0.4) is 0 Å². The smallest absolute Gasteiger partial charge is 0.294 e. The van der Waals surface area contributed by atoms with Crippen LogP contribution in [0.15, 0.2) is 29.2 Å². The molecule has 0 bridgehead atoms. The Balaban J connectivity index is 1.69. The molecule has 2 aliphatic heterocycles. The number of carbonyl (C=O) groups excluding carboxylic acids is 3. The molecule has 2 saturated heterocycles. The summed E-state index contributed by atoms with van der Waals surface area (Å²) in [6.07, 6.45) is 1.91. The van der Waals surface area contributed by atoms with Gasteiger partial charge in [-0.05, 0) is 42.0 Å². The number of amides is 3. The molecule has 27 heavy (non-hydrogen) atoms. The van der Waals surface area contributed by atoms with Crippen LogP contribution in [0, 0.1) is 0 Å². The molecular formula is C17H17ClN2O5S2. The van der Waals surface area contributed by atoms with E-state index in [1.165, 1.54) is 11.9 Å². The van der Waals surface area contributed by atoms with Gasteiger partial charge in [0.2, 0.25) is 5.91 Å². The van der Waals surface area contributed by atoms with Gasteiger partial charge in [-0.2, -0.15) is 0 Å². The normalized spacial score (nSPS) is 23.3. The zero-order valence-corrected chi connectivity index (χ0v) is 16.8. The Morgan fingerprint density at radius 3 is 2.78 bits per heavy atom. The Kier molecular flexibility index (Phi) is 5.64. The van der Waals surface area contributed by atoms with Crippen LogP contribution in [0.1, 0.15) is 12.0 Å². The lowest BCUT2D eigenvalue weighted by molar-refractivity contribution is -0.136. The minimum Gasteiger partial charge on any atom is -0.340 e. The molecule has 0 aliphatic carbocycles. The first-order valence-corrected chi connectivity index (χ1v) is 11.1. The Morgan fingerprint density at radius 1 is 1.41 bits per heavy atom. The summed E-state index contributed by atoms with van der Waals surface area (Å²) in [6.45, 7) is -0.412. The summed E-state index contributed by atoms with van der Waals surface area (Å²) < 4.78 is 23.2. The summed E-state index contributed by atoms with van der Waals surface area (Å²) in [7, 11) is -1.64. The van der Waals surface area contributed by atoms with Gasteiger partial charge in [-0.1, -0.05) is 23.7 Å². The SMILES string of the molecule is CN(C(=O)CN1C(=O)S/C(=C\c2cccc(Cl)c2)C1=O)[C@H]1CCS(=O)(=O)C1. The standard InChI is InChI=1S/C17H17ClN2O5S2/c1-19(13-5-6-27(24,25)10-13)15(21)9-20-16(22)14(26-17(20)23)8-11-3-2-4-12(18)7-11/h2-4,7-8,13H,5-6,9-10H2,1H3/b14-8-/t13-/m0/s1. The fraction of sp³-hybridized carbons (Fsp3) is 0.353. The lowest BCUT2D eigenvalue weighted by Crippen LogP contribution is -2.45. The van der Waals surface area contributed by atoms with E-state index in [0.717, 1.165) is 16.7 Å². The molecule has 2 fully saturated rings. The first-order valence-electron chi connectivity index (χ1n) is 8.13. The van der Waals surface area contributed by atoms with Gasteiger partial charge in [0.15, 0.2) is 9.84 Å². The first-order chi connectivity index (χ1) is 12.7. The summed E-state index contributed by atoms with van der Waals surface area (Å²) in [6, 6.07) is 6.41. The topological polar surface area (TPSA) is 91.8 Å². The average Bonchev–Trinajstić information content (AvgIpc) is 3.08. The van der Waals surface area contributed by atoms with Crippen LogP contribution in [-0.2, 0) is 19.4 Å². The van der Waals surface area contributed by atoms with Crippen molar-refractivity contribution in [3.63, 3.8) is 0 Å². The molecule has 10 heteroatoms. The molecule has 0 saturated carbocycles. The average molecular weight is 429 g/mol. The summed E-state index contributed by atoms with van der Waals surface area (Å²) >= 11 is 6.68. The highest BCUT2D eigenvalue weighted by molar-refractivity contribution is 8.18. The highest BCUT2D eigenvalue weighted by Gasteiger charge is 2.39. The monoisotopic (exact) mass is 428 g/mol. The molecule has 2 heterocycles. The Morgan fingerprint density at radius 2 is 2.15 bits per heavy atom. The summed E-state index contributed by atoms with van der Waals surface area (Å²) in [5, 5.41) is -0.0274. The maximum absolute atomic E-state index is 12.5. The lowest BCUT2D eigenvalue weighted by atomic mass is 10.2. The third-order valence-electron chi connectivity index (χ3n) is 4.46. The molecule has 144 valence electrons. The van der Waals surface area contributed by atoms with E-state index in [1.54, 1.807) is 30.3 Å². The van der Waals surface area contributed by atoms with Crippen molar-refractivity contribution < 1.29 is 22.8 Å². The van der Waals surface area contributed by atoms with Crippen LogP contribution in [0.25, 0.3) is 6.08 Å². The Bertz CT molecular complexity index is 944. The molecule has 0 unspecified atom stereocenters. The molecule has 0 spiro atoms. The second kappa shape index (κ2) is 7.65. The molecule has 1 aromatic carbocycles. The Labute approximate surface area is 166 Å². The molecule has 0 aromatic heterocycles. The largest absolute Gasteiger partial charge is 0.340 e. The predicted molar refractivity (Wildman–Crippen MR) is 104 cm³/mol. The van der Waals surface area contributed by atoms with E-state index < -0.39 is 39.5 Å². The number of imide groups is 1. The first kappa shape index (κ1) is 19.9. The van der Waals surface area contributed by atoms with Crippen molar-refractivity contribution in [3.8, 4) is 0 Å². The number of benzene rings is 1. The molecule has 3 amide bonds. The van der Waals surface area contributed by atoms with Crippen molar-refractivity contribution in [3.05, 3.63) is 39.8 Å². The molecule has 1 aromatic rings. The van der Waals surface area contributed by atoms with E-state index in [9.17, 15) is 22.8 Å². The van der Waals surface area contributed by atoms with Crippen LogP contribution >= 0.6 is 23.4 Å². The van der Waals surface area contributed by atoms with Crippen molar-refractivity contribution in [1.82, 2.24) is 9.80 Å². The molecular weight excluding hydrogens is 412 g/mol. The van der Waals surface area contributed by atoms with Gasteiger partial charge in [0.1, 0.15) is 6.54 Å². The van der Waals surface area contributed by atoms with E-state index in [2.05, 4.69) is 0 Å². The number of likely N-dealkylation sites (N-methyl/N-ethyl adjacent to an activating group) is 1. The maximum Gasteiger partial charge on any atom is 0.294 e. The molecule has 0 radical (unpaired) electrons. The van der Waals surface area contributed by atoms with E-state index in [1.807, 2.05) is 0 Å². The zero-order chi connectivity index (χ0) is 19.8. The van der Waals surface area contributed by atoms with Gasteiger partial charge in [-0.3, -0.25) is 19.3 Å². The van der Waals surface area contributed by atoms with Crippen LogP contribution in [-0.4, -0.2) is 66.4 Å². The van der Waals surface area contributed by atoms with Gasteiger partial charge in [-0.25, -0.2) is 8.42 Å². The number of hydrogen-bond acceptors (Lipinski definition) is 6. The van der Waals surface area contributed by atoms with Crippen molar-refractivity contribution in [2.75, 3.05) is 25.1 Å². The van der Waals surface area contributed by atoms with Crippen LogP contribution in [0.4, 0.5) is 4.79 Å². The van der Waals surface area contributed by atoms with Gasteiger partial charge in [0.25, 0.3) is 11.1 Å². The maximum atomic E-state index is 12.5. The van der Waals surface area contributed by atoms with Crippen LogP contribution in [0.2, 0.25) is 5.02 Å². The third kappa shape index (κ3) is 4.53. The highest BCUT2D eigenvalue weighted by Crippen LogP contribution is 2.32. The van der Waals surface area contributed by atoms with Crippen LogP contribution in [0.5, 0.6) is 0 Å². The fourth-order valence-corrected chi connectivity index (χ4v) is 5.73. The second-order valence-electron chi connectivity index (χ2n) is 6.38. The predicted octanol–water partition coefficient (Wildman–Crippen LogP) is 2.02. The number of carbonyl (C=O) groups is 3. The minimum absolute atomic E-state index is 0.0409. The van der Waals surface area contributed by atoms with Gasteiger partial charge in [-0.15, -0.1) is 0 Å². The van der Waals surface area contributed by atoms with Crippen molar-refractivity contribution in [1.29, 1.82) is 0 Å². The molecule has 2 aliphatic rings. The van der Waals surface area contributed by atoms with Crippen molar-refractivity contribution in [2.45, 2.75) is 12.5 Å².